The van der Waals surface area contributed by atoms with E-state index in [2.05, 4.69) is 26.5 Å². The normalized spacial score (nSPS) is 11.0. The first-order chi connectivity index (χ1) is 13.1. The molecule has 2 N–H and O–H groups in total. The van der Waals surface area contributed by atoms with E-state index in [9.17, 15) is 9.90 Å². The Hall–Kier alpha value is -2.86. The summed E-state index contributed by atoms with van der Waals surface area (Å²) in [4.78, 5) is 12.3. The molecular formula is C21H19BrN2O3. The predicted octanol–water partition coefficient (Wildman–Crippen LogP) is 4.86. The highest BCUT2D eigenvalue weighted by Gasteiger charge is 2.11. The number of halogens is 1. The van der Waals surface area contributed by atoms with Crippen molar-refractivity contribution >= 4 is 38.8 Å². The third kappa shape index (κ3) is 4.46. The lowest BCUT2D eigenvalue weighted by molar-refractivity contribution is 0.0952. The molecule has 27 heavy (non-hydrogen) atoms. The molecule has 1 amide bonds. The van der Waals surface area contributed by atoms with Gasteiger partial charge < -0.3 is 9.84 Å². The van der Waals surface area contributed by atoms with Gasteiger partial charge >= 0.3 is 0 Å². The van der Waals surface area contributed by atoms with Crippen molar-refractivity contribution in [2.45, 2.75) is 13.3 Å². The number of phenolic OH excluding ortho intramolecular Hbond substituents is 1. The number of fused-ring (bicyclic) bond motifs is 1. The van der Waals surface area contributed by atoms with Gasteiger partial charge in [0.1, 0.15) is 11.5 Å². The van der Waals surface area contributed by atoms with Crippen molar-refractivity contribution in [3.63, 3.8) is 0 Å². The van der Waals surface area contributed by atoms with Gasteiger partial charge in [-0.1, -0.05) is 53.2 Å². The van der Waals surface area contributed by atoms with Gasteiger partial charge in [-0.3, -0.25) is 4.79 Å². The number of carbonyl (C=O) groups excluding carboxylic acids is 1. The monoisotopic (exact) mass is 426 g/mol. The number of aromatic hydroxyl groups is 1. The summed E-state index contributed by atoms with van der Waals surface area (Å²) in [6, 6.07) is 16.4. The van der Waals surface area contributed by atoms with E-state index in [1.165, 1.54) is 12.1 Å². The number of nitrogens with zero attached hydrogens (tertiary/aromatic N) is 1. The van der Waals surface area contributed by atoms with Crippen LogP contribution in [-0.4, -0.2) is 23.8 Å². The molecule has 0 radical (unpaired) electrons. The zero-order valence-corrected chi connectivity index (χ0v) is 16.4. The number of amides is 1. The molecule has 0 bridgehead atoms. The number of hydrogen-bond acceptors (Lipinski definition) is 4. The summed E-state index contributed by atoms with van der Waals surface area (Å²) in [5, 5.41) is 16.0. The van der Waals surface area contributed by atoms with Crippen LogP contribution in [0.4, 0.5) is 0 Å². The van der Waals surface area contributed by atoms with E-state index in [1.807, 2.05) is 43.3 Å². The Balaban J connectivity index is 1.88. The fourth-order valence-corrected chi connectivity index (χ4v) is 3.01. The quantitative estimate of drug-likeness (QED) is 0.436. The lowest BCUT2D eigenvalue weighted by Gasteiger charge is -2.11. The van der Waals surface area contributed by atoms with Gasteiger partial charge in [-0.15, -0.1) is 0 Å². The number of phenols is 1. The number of carbonyl (C=O) groups is 1. The standard InChI is InChI=1S/C21H19BrN2O3/c1-2-11-27-20-10-7-14-5-3-4-6-16(14)18(20)13-23-24-21(26)17-12-15(22)8-9-19(17)25/h3-10,12-13,25H,2,11H2,1H3,(H,24,26)/b23-13+. The zero-order valence-electron chi connectivity index (χ0n) is 14.8. The maximum Gasteiger partial charge on any atom is 0.275 e. The Morgan fingerprint density at radius 1 is 1.22 bits per heavy atom. The maximum atomic E-state index is 12.3. The summed E-state index contributed by atoms with van der Waals surface area (Å²) in [7, 11) is 0. The van der Waals surface area contributed by atoms with Crippen molar-refractivity contribution < 1.29 is 14.6 Å². The smallest absolute Gasteiger partial charge is 0.275 e. The van der Waals surface area contributed by atoms with Gasteiger partial charge in [0, 0.05) is 10.0 Å². The summed E-state index contributed by atoms with van der Waals surface area (Å²) in [5.41, 5.74) is 3.39. The minimum absolute atomic E-state index is 0.108. The van der Waals surface area contributed by atoms with Gasteiger partial charge in [0.05, 0.1) is 18.4 Å². The summed E-state index contributed by atoms with van der Waals surface area (Å²) < 4.78 is 6.51. The summed E-state index contributed by atoms with van der Waals surface area (Å²) in [6.07, 6.45) is 2.46. The largest absolute Gasteiger partial charge is 0.507 e. The second-order valence-electron chi connectivity index (χ2n) is 5.91. The highest BCUT2D eigenvalue weighted by atomic mass is 79.9. The molecule has 0 atom stereocenters. The van der Waals surface area contributed by atoms with Crippen LogP contribution in [0, 0.1) is 0 Å². The summed E-state index contributed by atoms with van der Waals surface area (Å²) in [6.45, 7) is 2.64. The van der Waals surface area contributed by atoms with Crippen molar-refractivity contribution in [1.29, 1.82) is 0 Å². The molecule has 6 heteroatoms. The molecule has 0 aliphatic heterocycles. The highest BCUT2D eigenvalue weighted by molar-refractivity contribution is 9.10. The van der Waals surface area contributed by atoms with Crippen molar-refractivity contribution in [2.24, 2.45) is 5.10 Å². The third-order valence-electron chi connectivity index (χ3n) is 3.96. The Kier molecular flexibility index (Phi) is 6.08. The second-order valence-corrected chi connectivity index (χ2v) is 6.82. The average Bonchev–Trinajstić information content (AvgIpc) is 2.68. The van der Waals surface area contributed by atoms with Crippen LogP contribution in [0.1, 0.15) is 29.3 Å². The molecule has 0 fully saturated rings. The first kappa shape index (κ1) is 18.9. The molecule has 0 aliphatic rings. The van der Waals surface area contributed by atoms with Gasteiger partial charge in [-0.2, -0.15) is 5.10 Å². The molecule has 3 aromatic carbocycles. The number of hydrazone groups is 1. The first-order valence-electron chi connectivity index (χ1n) is 8.56. The van der Waals surface area contributed by atoms with Gasteiger partial charge in [0.2, 0.25) is 0 Å². The van der Waals surface area contributed by atoms with E-state index in [1.54, 1.807) is 12.3 Å². The van der Waals surface area contributed by atoms with Crippen LogP contribution in [0.5, 0.6) is 11.5 Å². The van der Waals surface area contributed by atoms with Crippen molar-refractivity contribution in [2.75, 3.05) is 6.61 Å². The van der Waals surface area contributed by atoms with E-state index in [4.69, 9.17) is 4.74 Å². The molecule has 138 valence electrons. The first-order valence-corrected chi connectivity index (χ1v) is 9.36. The van der Waals surface area contributed by atoms with E-state index < -0.39 is 5.91 Å². The molecule has 0 spiro atoms. The fraction of sp³-hybridized carbons (Fsp3) is 0.143. The topological polar surface area (TPSA) is 70.9 Å². The molecule has 5 nitrogen and oxygen atoms in total. The van der Waals surface area contributed by atoms with Crippen LogP contribution in [-0.2, 0) is 0 Å². The number of ether oxygens (including phenoxy) is 1. The summed E-state index contributed by atoms with van der Waals surface area (Å²) in [5.74, 6) is 0.100. The molecule has 0 unspecified atom stereocenters. The number of benzene rings is 3. The molecule has 0 heterocycles. The van der Waals surface area contributed by atoms with Gasteiger partial charge in [-0.25, -0.2) is 5.43 Å². The Labute approximate surface area is 165 Å². The molecule has 3 aromatic rings. The zero-order chi connectivity index (χ0) is 19.2. The van der Waals surface area contributed by atoms with Crippen LogP contribution in [0.3, 0.4) is 0 Å². The molecule has 3 rings (SSSR count). The van der Waals surface area contributed by atoms with E-state index in [0.717, 1.165) is 22.8 Å². The SMILES string of the molecule is CCCOc1ccc2ccccc2c1/C=N/NC(=O)c1cc(Br)ccc1O. The van der Waals surface area contributed by atoms with Crippen LogP contribution < -0.4 is 10.2 Å². The minimum Gasteiger partial charge on any atom is -0.507 e. The van der Waals surface area contributed by atoms with Crippen molar-refractivity contribution in [1.82, 2.24) is 5.43 Å². The molecule has 0 aliphatic carbocycles. The van der Waals surface area contributed by atoms with Crippen molar-refractivity contribution in [3.05, 3.63) is 70.2 Å². The Bertz CT molecular complexity index is 1000. The summed E-state index contributed by atoms with van der Waals surface area (Å²) >= 11 is 3.28. The number of rotatable bonds is 6. The fourth-order valence-electron chi connectivity index (χ4n) is 2.65. The maximum absolute atomic E-state index is 12.3. The van der Waals surface area contributed by atoms with Crippen LogP contribution in [0.25, 0.3) is 10.8 Å². The Morgan fingerprint density at radius 2 is 2.04 bits per heavy atom. The van der Waals surface area contributed by atoms with Gasteiger partial charge in [-0.05, 0) is 41.5 Å². The van der Waals surface area contributed by atoms with Crippen LogP contribution >= 0.6 is 15.9 Å². The highest BCUT2D eigenvalue weighted by Crippen LogP contribution is 2.27. The molecule has 0 saturated carbocycles. The number of hydrogen-bond donors (Lipinski definition) is 2. The molecule has 0 aromatic heterocycles. The van der Waals surface area contributed by atoms with Crippen LogP contribution in [0.2, 0.25) is 0 Å². The minimum atomic E-state index is -0.499. The third-order valence-corrected chi connectivity index (χ3v) is 4.45. The average molecular weight is 427 g/mol. The molecular weight excluding hydrogens is 408 g/mol. The van der Waals surface area contributed by atoms with Gasteiger partial charge in [0.15, 0.2) is 0 Å². The van der Waals surface area contributed by atoms with E-state index in [-0.39, 0.29) is 11.3 Å². The van der Waals surface area contributed by atoms with E-state index >= 15 is 0 Å². The molecule has 0 saturated heterocycles. The Morgan fingerprint density at radius 3 is 2.85 bits per heavy atom. The lowest BCUT2D eigenvalue weighted by Crippen LogP contribution is -2.17. The van der Waals surface area contributed by atoms with Gasteiger partial charge in [0.25, 0.3) is 5.91 Å². The van der Waals surface area contributed by atoms with Crippen molar-refractivity contribution in [3.8, 4) is 11.5 Å². The lowest BCUT2D eigenvalue weighted by atomic mass is 10.0. The van der Waals surface area contributed by atoms with Crippen LogP contribution in [0.15, 0.2) is 64.2 Å². The second kappa shape index (κ2) is 8.68. The van der Waals surface area contributed by atoms with E-state index in [0.29, 0.717) is 16.8 Å². The predicted molar refractivity (Wildman–Crippen MR) is 111 cm³/mol. The number of nitrogens with one attached hydrogen (secondary N) is 1.